The molecule has 0 radical (unpaired) electrons. The molecule has 0 saturated carbocycles. The highest BCUT2D eigenvalue weighted by Crippen LogP contribution is 2.30. The third-order valence-corrected chi connectivity index (χ3v) is 5.11. The van der Waals surface area contributed by atoms with Crippen LogP contribution in [0.2, 0.25) is 0 Å². The van der Waals surface area contributed by atoms with Crippen LogP contribution < -0.4 is 0 Å². The third-order valence-electron chi connectivity index (χ3n) is 4.18. The quantitative estimate of drug-likeness (QED) is 0.448. The number of carbonyl (C=O) groups excluding carboxylic acids is 1. The van der Waals surface area contributed by atoms with Gasteiger partial charge >= 0.3 is 0 Å². The van der Waals surface area contributed by atoms with Crippen molar-refractivity contribution >= 4 is 17.5 Å². The topological polar surface area (TPSA) is 69.1 Å². The minimum absolute atomic E-state index is 0.0368. The molecule has 0 spiro atoms. The van der Waals surface area contributed by atoms with Crippen molar-refractivity contribution < 1.29 is 13.6 Å². The van der Waals surface area contributed by atoms with Gasteiger partial charge in [-0.15, -0.1) is 10.2 Å². The predicted molar refractivity (Wildman–Crippen MR) is 102 cm³/mol. The summed E-state index contributed by atoms with van der Waals surface area (Å²) >= 11 is 1.26. The van der Waals surface area contributed by atoms with Gasteiger partial charge in [-0.2, -0.15) is 0 Å². The average molecular weight is 370 g/mol. The van der Waals surface area contributed by atoms with Gasteiger partial charge in [0.1, 0.15) is 5.76 Å². The lowest BCUT2D eigenvalue weighted by Gasteiger charge is -2.19. The Balaban J connectivity index is 1.70. The molecular formula is C20H22N2O3S. The first-order valence-electron chi connectivity index (χ1n) is 8.45. The second-order valence-corrected chi connectivity index (χ2v) is 8.51. The van der Waals surface area contributed by atoms with Crippen LogP contribution in [0.3, 0.4) is 0 Å². The summed E-state index contributed by atoms with van der Waals surface area (Å²) in [6, 6.07) is 9.57. The van der Waals surface area contributed by atoms with E-state index >= 15 is 0 Å². The third kappa shape index (κ3) is 3.90. The van der Waals surface area contributed by atoms with Gasteiger partial charge in [-0.1, -0.05) is 56.8 Å². The molecule has 26 heavy (non-hydrogen) atoms. The number of ketones is 1. The largest absolute Gasteiger partial charge is 0.469 e. The second-order valence-electron chi connectivity index (χ2n) is 7.22. The van der Waals surface area contributed by atoms with Crippen LogP contribution in [-0.4, -0.2) is 21.2 Å². The molecule has 6 heteroatoms. The Morgan fingerprint density at radius 3 is 2.38 bits per heavy atom. The molecule has 0 unspecified atom stereocenters. The summed E-state index contributed by atoms with van der Waals surface area (Å²) in [5.41, 5.74) is 2.71. The molecular weight excluding hydrogens is 348 g/mol. The monoisotopic (exact) mass is 370 g/mol. The minimum Gasteiger partial charge on any atom is -0.469 e. The maximum absolute atomic E-state index is 12.7. The number of carbonyl (C=O) groups is 1. The Hall–Kier alpha value is -2.34. The van der Waals surface area contributed by atoms with Gasteiger partial charge in [-0.05, 0) is 30.9 Å². The van der Waals surface area contributed by atoms with E-state index in [1.165, 1.54) is 17.3 Å². The fourth-order valence-corrected chi connectivity index (χ4v) is 3.31. The van der Waals surface area contributed by atoms with E-state index < -0.39 is 0 Å². The van der Waals surface area contributed by atoms with Gasteiger partial charge in [0.15, 0.2) is 5.78 Å². The van der Waals surface area contributed by atoms with Crippen LogP contribution in [0.4, 0.5) is 0 Å². The molecule has 0 amide bonds. The summed E-state index contributed by atoms with van der Waals surface area (Å²) < 4.78 is 10.9. The van der Waals surface area contributed by atoms with Gasteiger partial charge in [0, 0.05) is 5.56 Å². The lowest BCUT2D eigenvalue weighted by Crippen LogP contribution is -2.15. The van der Waals surface area contributed by atoms with Crippen molar-refractivity contribution in [3.63, 3.8) is 0 Å². The summed E-state index contributed by atoms with van der Waals surface area (Å²) in [5, 5.41) is 8.11. The first kappa shape index (κ1) is 18.5. The minimum atomic E-state index is -0.325. The number of rotatable bonds is 5. The van der Waals surface area contributed by atoms with Crippen LogP contribution in [-0.2, 0) is 5.41 Å². The molecule has 136 valence electrons. The summed E-state index contributed by atoms with van der Waals surface area (Å²) in [6.07, 6.45) is 1.58. The maximum atomic E-state index is 12.7. The van der Waals surface area contributed by atoms with Crippen molar-refractivity contribution in [2.75, 3.05) is 0 Å². The normalized spacial score (nSPS) is 13.0. The smallest absolute Gasteiger partial charge is 0.277 e. The fraction of sp³-hybridized carbons (Fsp3) is 0.350. The van der Waals surface area contributed by atoms with Gasteiger partial charge < -0.3 is 8.83 Å². The molecule has 3 rings (SSSR count). The van der Waals surface area contributed by atoms with E-state index in [1.54, 1.807) is 12.3 Å². The van der Waals surface area contributed by atoms with Crippen LogP contribution >= 0.6 is 11.8 Å². The van der Waals surface area contributed by atoms with E-state index in [-0.39, 0.29) is 16.4 Å². The molecule has 0 bridgehead atoms. The van der Waals surface area contributed by atoms with Crippen molar-refractivity contribution in [3.8, 4) is 11.5 Å². The first-order chi connectivity index (χ1) is 12.3. The zero-order valence-electron chi connectivity index (χ0n) is 15.6. The van der Waals surface area contributed by atoms with E-state index in [9.17, 15) is 4.79 Å². The van der Waals surface area contributed by atoms with Crippen molar-refractivity contribution in [2.45, 2.75) is 50.5 Å². The molecule has 0 N–H and O–H groups in total. The Kier molecular flexibility index (Phi) is 5.05. The number of furan rings is 1. The second kappa shape index (κ2) is 7.11. The predicted octanol–water partition coefficient (Wildman–Crippen LogP) is 5.30. The van der Waals surface area contributed by atoms with Gasteiger partial charge in [0.2, 0.25) is 0 Å². The van der Waals surface area contributed by atoms with E-state index in [0.717, 1.165) is 5.56 Å². The summed E-state index contributed by atoms with van der Waals surface area (Å²) in [7, 11) is 0. The number of aryl methyl sites for hydroxylation is 1. The highest BCUT2D eigenvalue weighted by Gasteiger charge is 2.22. The Labute approximate surface area is 157 Å². The molecule has 2 aromatic heterocycles. The molecule has 1 aromatic carbocycles. The molecule has 0 saturated heterocycles. The molecule has 0 aliphatic rings. The summed E-state index contributed by atoms with van der Waals surface area (Å²) in [5.74, 6) is 1.15. The highest BCUT2D eigenvalue weighted by atomic mass is 32.2. The molecule has 1 atom stereocenters. The number of nitrogens with zero attached hydrogens (tertiary/aromatic N) is 2. The van der Waals surface area contributed by atoms with E-state index in [4.69, 9.17) is 8.83 Å². The maximum Gasteiger partial charge on any atom is 0.277 e. The van der Waals surface area contributed by atoms with Gasteiger partial charge in [0.05, 0.1) is 17.1 Å². The van der Waals surface area contributed by atoms with E-state index in [2.05, 4.69) is 31.0 Å². The average Bonchev–Trinajstić information content (AvgIpc) is 3.22. The fourth-order valence-electron chi connectivity index (χ4n) is 2.55. The van der Waals surface area contributed by atoms with Gasteiger partial charge in [-0.3, -0.25) is 4.79 Å². The SMILES string of the molecule is Cc1occc1-c1nnc(S[C@@H](C)C(=O)c2ccc(C(C)(C)C)cc2)o1. The van der Waals surface area contributed by atoms with Crippen LogP contribution in [0, 0.1) is 6.92 Å². The molecule has 3 aromatic rings. The van der Waals surface area contributed by atoms with Crippen LogP contribution in [0.5, 0.6) is 0 Å². The van der Waals surface area contributed by atoms with Crippen molar-refractivity contribution in [2.24, 2.45) is 0 Å². The molecule has 0 aliphatic carbocycles. The number of aromatic nitrogens is 2. The zero-order valence-corrected chi connectivity index (χ0v) is 16.4. The van der Waals surface area contributed by atoms with E-state index in [0.29, 0.717) is 22.4 Å². The van der Waals surface area contributed by atoms with Crippen molar-refractivity contribution in [1.29, 1.82) is 0 Å². The number of hydrogen-bond acceptors (Lipinski definition) is 6. The molecule has 0 fully saturated rings. The highest BCUT2D eigenvalue weighted by molar-refractivity contribution is 8.00. The lowest BCUT2D eigenvalue weighted by molar-refractivity contribution is 0.0993. The van der Waals surface area contributed by atoms with Crippen LogP contribution in [0.15, 0.2) is 50.7 Å². The molecule has 5 nitrogen and oxygen atoms in total. The number of Topliss-reactive ketones (excluding diaryl/α,β-unsaturated/α-hetero) is 1. The van der Waals surface area contributed by atoms with Crippen LogP contribution in [0.25, 0.3) is 11.5 Å². The number of thioether (sulfide) groups is 1. The van der Waals surface area contributed by atoms with Gasteiger partial charge in [-0.25, -0.2) is 0 Å². The Morgan fingerprint density at radius 2 is 1.81 bits per heavy atom. The Morgan fingerprint density at radius 1 is 1.12 bits per heavy atom. The molecule has 0 aliphatic heterocycles. The standard InChI is InChI=1S/C20H22N2O3S/c1-12-16(10-11-24-12)18-21-22-19(25-18)26-13(2)17(23)14-6-8-15(9-7-14)20(3,4)5/h6-11,13H,1-5H3/t13-/m0/s1. The number of benzene rings is 1. The summed E-state index contributed by atoms with van der Waals surface area (Å²) in [6.45, 7) is 10.1. The lowest BCUT2D eigenvalue weighted by atomic mass is 9.86. The zero-order chi connectivity index (χ0) is 18.9. The summed E-state index contributed by atoms with van der Waals surface area (Å²) in [4.78, 5) is 12.7. The van der Waals surface area contributed by atoms with E-state index in [1.807, 2.05) is 38.1 Å². The molecule has 2 heterocycles. The number of hydrogen-bond donors (Lipinski definition) is 0. The van der Waals surface area contributed by atoms with Crippen molar-refractivity contribution in [3.05, 3.63) is 53.5 Å². The first-order valence-corrected chi connectivity index (χ1v) is 9.33. The Bertz CT molecular complexity index is 904. The van der Waals surface area contributed by atoms with Crippen molar-refractivity contribution in [1.82, 2.24) is 10.2 Å². The van der Waals surface area contributed by atoms with Crippen LogP contribution in [0.1, 0.15) is 49.4 Å². The van der Waals surface area contributed by atoms with Gasteiger partial charge in [0.25, 0.3) is 11.1 Å².